The molecule has 11 heteroatoms. The van der Waals surface area contributed by atoms with Crippen molar-refractivity contribution in [3.05, 3.63) is 98.3 Å². The highest BCUT2D eigenvalue weighted by Gasteiger charge is 2.25. The van der Waals surface area contributed by atoms with Gasteiger partial charge in [0.2, 0.25) is 6.54 Å². The number of thioether (sulfide) groups is 1. The summed E-state index contributed by atoms with van der Waals surface area (Å²) in [5.41, 5.74) is 2.56. The van der Waals surface area contributed by atoms with Crippen LogP contribution in [0.2, 0.25) is 0 Å². The van der Waals surface area contributed by atoms with Crippen LogP contribution in [0.15, 0.2) is 76.4 Å². The van der Waals surface area contributed by atoms with Gasteiger partial charge in [-0.2, -0.15) is 0 Å². The number of ether oxygens (including phenoxy) is 3. The highest BCUT2D eigenvalue weighted by atomic mass is 79.9. The Balaban J connectivity index is 1.59. The first kappa shape index (κ1) is 26.5. The van der Waals surface area contributed by atoms with Crippen molar-refractivity contribution in [2.24, 2.45) is 0 Å². The molecule has 0 aliphatic rings. The van der Waals surface area contributed by atoms with Gasteiger partial charge in [0.15, 0.2) is 16.7 Å². The Morgan fingerprint density at radius 1 is 1.00 bits per heavy atom. The lowest BCUT2D eigenvalue weighted by Crippen LogP contribution is -2.11. The van der Waals surface area contributed by atoms with E-state index < -0.39 is 5.25 Å². The normalized spacial score (nSPS) is 11.7. The highest BCUT2D eigenvalue weighted by Crippen LogP contribution is 2.39. The third kappa shape index (κ3) is 6.60. The van der Waals surface area contributed by atoms with Gasteiger partial charge in [-0.3, -0.25) is 14.7 Å². The molecule has 4 rings (SSSR count). The lowest BCUT2D eigenvalue weighted by atomic mass is 10.1. The van der Waals surface area contributed by atoms with E-state index in [1.807, 2.05) is 66.1 Å². The molecule has 1 heterocycles. The van der Waals surface area contributed by atoms with E-state index in [1.165, 1.54) is 11.8 Å². The van der Waals surface area contributed by atoms with Gasteiger partial charge < -0.3 is 14.2 Å². The van der Waals surface area contributed by atoms with Crippen LogP contribution in [0.3, 0.4) is 0 Å². The van der Waals surface area contributed by atoms with Crippen molar-refractivity contribution >= 4 is 27.7 Å². The van der Waals surface area contributed by atoms with Gasteiger partial charge in [-0.15, -0.1) is 10.2 Å². The van der Waals surface area contributed by atoms with E-state index in [1.54, 1.807) is 26.4 Å². The van der Waals surface area contributed by atoms with Crippen LogP contribution in [-0.4, -0.2) is 40.5 Å². The first-order valence-electron chi connectivity index (χ1n) is 11.3. The zero-order chi connectivity index (χ0) is 26.4. The minimum Gasteiger partial charge on any atom is -0.497 e. The standard InChI is InChI=1S/C26H25BrN4O5S/c1-17-28-29-26(31(17)21-9-11-22(34-2)12-10-21)37-25(15-30(32)33)19-6-13-23(24(14-19)35-3)36-16-18-4-7-20(27)8-5-18/h4-14,25H,15-16H2,1-3H3/t25-/m0/s1. The fourth-order valence-electron chi connectivity index (χ4n) is 3.67. The zero-order valence-corrected chi connectivity index (χ0v) is 22.9. The van der Waals surface area contributed by atoms with Crippen molar-refractivity contribution in [2.75, 3.05) is 20.8 Å². The van der Waals surface area contributed by atoms with Gasteiger partial charge in [0.25, 0.3) is 0 Å². The van der Waals surface area contributed by atoms with Crippen LogP contribution >= 0.6 is 27.7 Å². The summed E-state index contributed by atoms with van der Waals surface area (Å²) in [6, 6.07) is 20.7. The molecule has 0 amide bonds. The summed E-state index contributed by atoms with van der Waals surface area (Å²) in [6.45, 7) is 1.89. The Morgan fingerprint density at radius 2 is 1.73 bits per heavy atom. The molecule has 3 aromatic carbocycles. The van der Waals surface area contributed by atoms with E-state index in [2.05, 4.69) is 26.1 Å². The summed E-state index contributed by atoms with van der Waals surface area (Å²) in [7, 11) is 3.15. The minimum atomic E-state index is -0.537. The number of halogens is 1. The second-order valence-corrected chi connectivity index (χ2v) is 10.1. The molecule has 0 saturated carbocycles. The summed E-state index contributed by atoms with van der Waals surface area (Å²) >= 11 is 4.70. The summed E-state index contributed by atoms with van der Waals surface area (Å²) in [5, 5.41) is 20.1. The Bertz CT molecular complexity index is 1360. The van der Waals surface area contributed by atoms with Crippen LogP contribution in [0.25, 0.3) is 5.69 Å². The molecule has 0 unspecified atom stereocenters. The maximum atomic E-state index is 11.6. The second kappa shape index (κ2) is 12.1. The first-order valence-corrected chi connectivity index (χ1v) is 12.9. The average molecular weight is 585 g/mol. The maximum absolute atomic E-state index is 11.6. The summed E-state index contributed by atoms with van der Waals surface area (Å²) in [4.78, 5) is 11.3. The summed E-state index contributed by atoms with van der Waals surface area (Å²) in [5.74, 6) is 2.44. The van der Waals surface area contributed by atoms with Gasteiger partial charge in [-0.1, -0.05) is 45.9 Å². The van der Waals surface area contributed by atoms with Crippen LogP contribution in [0.5, 0.6) is 17.2 Å². The molecular weight excluding hydrogens is 560 g/mol. The number of aryl methyl sites for hydroxylation is 1. The van der Waals surface area contributed by atoms with Gasteiger partial charge in [0.1, 0.15) is 23.4 Å². The van der Waals surface area contributed by atoms with Crippen molar-refractivity contribution in [1.29, 1.82) is 0 Å². The third-order valence-corrected chi connectivity index (χ3v) is 7.26. The van der Waals surface area contributed by atoms with Gasteiger partial charge in [0, 0.05) is 15.1 Å². The number of nitro groups is 1. The molecular formula is C26H25BrN4O5S. The van der Waals surface area contributed by atoms with Gasteiger partial charge in [-0.25, -0.2) is 0 Å². The smallest absolute Gasteiger partial charge is 0.220 e. The molecule has 9 nitrogen and oxygen atoms in total. The van der Waals surface area contributed by atoms with Crippen molar-refractivity contribution in [3.63, 3.8) is 0 Å². The van der Waals surface area contributed by atoms with E-state index in [4.69, 9.17) is 14.2 Å². The fourth-order valence-corrected chi connectivity index (χ4v) is 5.10. The predicted octanol–water partition coefficient (Wildman–Crippen LogP) is 6.04. The van der Waals surface area contributed by atoms with Crippen molar-refractivity contribution in [1.82, 2.24) is 14.8 Å². The topological polar surface area (TPSA) is 102 Å². The number of aromatic nitrogens is 3. The van der Waals surface area contributed by atoms with Crippen LogP contribution in [-0.2, 0) is 6.61 Å². The van der Waals surface area contributed by atoms with Crippen molar-refractivity contribution < 1.29 is 19.1 Å². The maximum Gasteiger partial charge on any atom is 0.220 e. The molecule has 0 radical (unpaired) electrons. The Labute approximate surface area is 227 Å². The lowest BCUT2D eigenvalue weighted by Gasteiger charge is -2.17. The monoisotopic (exact) mass is 584 g/mol. The van der Waals surface area contributed by atoms with Crippen LogP contribution in [0.4, 0.5) is 0 Å². The van der Waals surface area contributed by atoms with Gasteiger partial charge >= 0.3 is 0 Å². The number of rotatable bonds is 11. The van der Waals surface area contributed by atoms with E-state index in [-0.39, 0.29) is 11.5 Å². The zero-order valence-electron chi connectivity index (χ0n) is 20.5. The number of hydrogen-bond acceptors (Lipinski definition) is 8. The van der Waals surface area contributed by atoms with E-state index in [0.717, 1.165) is 27.0 Å². The molecule has 0 saturated heterocycles. The quantitative estimate of drug-likeness (QED) is 0.119. The number of benzene rings is 3. The molecule has 0 bridgehead atoms. The van der Waals surface area contributed by atoms with E-state index in [9.17, 15) is 10.1 Å². The molecule has 0 aliphatic carbocycles. The first-order chi connectivity index (χ1) is 17.9. The third-order valence-electron chi connectivity index (χ3n) is 5.56. The lowest BCUT2D eigenvalue weighted by molar-refractivity contribution is -0.479. The van der Waals surface area contributed by atoms with Gasteiger partial charge in [0.05, 0.1) is 14.2 Å². The largest absolute Gasteiger partial charge is 0.497 e. The molecule has 4 aromatic rings. The molecule has 192 valence electrons. The number of nitrogens with zero attached hydrogens (tertiary/aromatic N) is 4. The fraction of sp³-hybridized carbons (Fsp3) is 0.231. The van der Waals surface area contributed by atoms with Crippen LogP contribution in [0.1, 0.15) is 22.2 Å². The Kier molecular flexibility index (Phi) is 8.67. The number of methoxy groups -OCH3 is 2. The number of hydrogen-bond donors (Lipinski definition) is 0. The van der Waals surface area contributed by atoms with E-state index >= 15 is 0 Å². The van der Waals surface area contributed by atoms with Crippen LogP contribution < -0.4 is 14.2 Å². The van der Waals surface area contributed by atoms with E-state index in [0.29, 0.717) is 29.1 Å². The molecule has 0 aliphatic heterocycles. The Hall–Kier alpha value is -3.57. The molecule has 1 aromatic heterocycles. The molecule has 37 heavy (non-hydrogen) atoms. The summed E-state index contributed by atoms with van der Waals surface area (Å²) in [6.07, 6.45) is 0. The minimum absolute atomic E-state index is 0.304. The van der Waals surface area contributed by atoms with Crippen molar-refractivity contribution in [2.45, 2.75) is 23.9 Å². The molecule has 0 fully saturated rings. The second-order valence-electron chi connectivity index (χ2n) is 8.01. The van der Waals surface area contributed by atoms with Gasteiger partial charge in [-0.05, 0) is 66.6 Å². The van der Waals surface area contributed by atoms with Crippen molar-refractivity contribution in [3.8, 4) is 22.9 Å². The summed E-state index contributed by atoms with van der Waals surface area (Å²) < 4.78 is 19.6. The molecule has 1 atom stereocenters. The van der Waals surface area contributed by atoms with Crippen LogP contribution in [0, 0.1) is 17.0 Å². The molecule has 0 spiro atoms. The SMILES string of the molecule is COc1ccc(-n2c(C)nnc2S[C@@H](C[N+](=O)[O-])c2ccc(OCc3ccc(Br)cc3)c(OC)c2)cc1. The predicted molar refractivity (Wildman–Crippen MR) is 145 cm³/mol. The Morgan fingerprint density at radius 3 is 2.38 bits per heavy atom. The molecule has 0 N–H and O–H groups in total. The average Bonchev–Trinajstić information content (AvgIpc) is 3.27. The highest BCUT2D eigenvalue weighted by molar-refractivity contribution is 9.10.